The van der Waals surface area contributed by atoms with Crippen LogP contribution in [0.1, 0.15) is 32.6 Å². The highest BCUT2D eigenvalue weighted by molar-refractivity contribution is 7.40. The van der Waals surface area contributed by atoms with E-state index in [1.807, 2.05) is 0 Å². The summed E-state index contributed by atoms with van der Waals surface area (Å²) >= 11 is 0. The second kappa shape index (κ2) is 3.75. The first-order valence-electron chi connectivity index (χ1n) is 4.51. The molecular weight excluding hydrogens is 187 g/mol. The van der Waals surface area contributed by atoms with Gasteiger partial charge in [-0.1, -0.05) is 29.0 Å². The van der Waals surface area contributed by atoms with E-state index in [0.717, 1.165) is 12.8 Å². The first kappa shape index (κ1) is 10.6. The minimum Gasteiger partial charge on any atom is -0.481 e. The maximum absolute atomic E-state index is 11.3. The van der Waals surface area contributed by atoms with Gasteiger partial charge < -0.3 is 5.11 Å². The van der Waals surface area contributed by atoms with Gasteiger partial charge in [-0.25, -0.2) is 0 Å². The summed E-state index contributed by atoms with van der Waals surface area (Å²) in [7, 11) is 2.12. The molecule has 0 aromatic heterocycles. The molecule has 0 spiro atoms. The Kier molecular flexibility index (Phi) is 3.07. The molecule has 0 aromatic rings. The zero-order valence-corrected chi connectivity index (χ0v) is 8.90. The van der Waals surface area contributed by atoms with Gasteiger partial charge in [0, 0.05) is 5.41 Å². The van der Waals surface area contributed by atoms with Crippen LogP contribution < -0.4 is 0 Å². The Morgan fingerprint density at radius 2 is 2.08 bits per heavy atom. The van der Waals surface area contributed by atoms with E-state index in [9.17, 15) is 9.59 Å². The molecule has 1 rings (SSSR count). The van der Waals surface area contributed by atoms with Crippen molar-refractivity contribution >= 4 is 20.7 Å². The van der Waals surface area contributed by atoms with Gasteiger partial charge in [0.2, 0.25) is 0 Å². The Balaban J connectivity index is 2.89. The van der Waals surface area contributed by atoms with Crippen molar-refractivity contribution in [3.8, 4) is 0 Å². The van der Waals surface area contributed by atoms with Crippen molar-refractivity contribution in [3.63, 3.8) is 0 Å². The largest absolute Gasteiger partial charge is 0.481 e. The molecule has 74 valence electrons. The van der Waals surface area contributed by atoms with Gasteiger partial charge in [-0.05, 0) is 12.8 Å². The summed E-state index contributed by atoms with van der Waals surface area (Å²) < 4.78 is 0. The monoisotopic (exact) mass is 202 g/mol. The maximum Gasteiger partial charge on any atom is 0.307 e. The van der Waals surface area contributed by atoms with Gasteiger partial charge in [-0.3, -0.25) is 9.59 Å². The molecule has 4 heteroatoms. The molecule has 0 heterocycles. The number of carbonyl (C=O) groups excluding carboxylic acids is 1. The third-order valence-corrected chi connectivity index (χ3v) is 3.73. The lowest BCUT2D eigenvalue weighted by atomic mass is 9.68. The highest BCUT2D eigenvalue weighted by Gasteiger charge is 2.44. The van der Waals surface area contributed by atoms with Crippen molar-refractivity contribution in [2.45, 2.75) is 32.6 Å². The van der Waals surface area contributed by atoms with Crippen molar-refractivity contribution in [3.05, 3.63) is 0 Å². The maximum atomic E-state index is 11.3. The molecule has 0 radical (unpaired) electrons. The third kappa shape index (κ3) is 1.91. The average molecular weight is 202 g/mol. The molecule has 1 saturated carbocycles. The summed E-state index contributed by atoms with van der Waals surface area (Å²) in [6, 6.07) is 0. The van der Waals surface area contributed by atoms with Crippen LogP contribution in [-0.2, 0) is 9.59 Å². The topological polar surface area (TPSA) is 54.4 Å². The predicted octanol–water partition coefficient (Wildman–Crippen LogP) is 1.67. The van der Waals surface area contributed by atoms with Gasteiger partial charge >= 0.3 is 5.97 Å². The Bertz CT molecular complexity index is 239. The zero-order chi connectivity index (χ0) is 10.1. The molecule has 0 bridgehead atoms. The third-order valence-electron chi connectivity index (χ3n) is 3.07. The number of carboxylic acid groups (broad SMARTS) is 1. The number of carbonyl (C=O) groups is 2. The highest BCUT2D eigenvalue weighted by Crippen LogP contribution is 2.43. The lowest BCUT2D eigenvalue weighted by Gasteiger charge is -2.36. The predicted molar refractivity (Wildman–Crippen MR) is 52.4 cm³/mol. The number of rotatable bonds is 2. The minimum atomic E-state index is -0.835. The molecule has 0 saturated heterocycles. The standard InChI is InChI=1S/C9H15O3P/c1-9(8(12)13)5-3-2-4-6(9)7(10)11/h6H,2-5,13H2,1H3,(H,10,11)/t6-,9-/m0/s1. The SMILES string of the molecule is C[C@]1(C(=O)P)CCCC[C@H]1C(=O)O. The Morgan fingerprint density at radius 3 is 2.46 bits per heavy atom. The summed E-state index contributed by atoms with van der Waals surface area (Å²) in [5.74, 6) is -1.33. The van der Waals surface area contributed by atoms with Crippen LogP contribution in [0.4, 0.5) is 0 Å². The van der Waals surface area contributed by atoms with Crippen LogP contribution in [0.15, 0.2) is 0 Å². The normalized spacial score (nSPS) is 34.2. The van der Waals surface area contributed by atoms with Crippen molar-refractivity contribution in [2.75, 3.05) is 0 Å². The van der Waals surface area contributed by atoms with Gasteiger partial charge in [-0.15, -0.1) is 0 Å². The fourth-order valence-corrected chi connectivity index (χ4v) is 2.37. The van der Waals surface area contributed by atoms with Crippen molar-refractivity contribution in [1.82, 2.24) is 0 Å². The lowest BCUT2D eigenvalue weighted by molar-refractivity contribution is -0.151. The van der Waals surface area contributed by atoms with Crippen LogP contribution in [0.25, 0.3) is 0 Å². The second-order valence-corrected chi connectivity index (χ2v) is 4.44. The summed E-state index contributed by atoms with van der Waals surface area (Å²) in [4.78, 5) is 22.2. The van der Waals surface area contributed by atoms with Crippen molar-refractivity contribution < 1.29 is 14.7 Å². The Labute approximate surface area is 80.1 Å². The van der Waals surface area contributed by atoms with E-state index in [2.05, 4.69) is 9.24 Å². The fourth-order valence-electron chi connectivity index (χ4n) is 2.02. The molecule has 1 fully saturated rings. The van der Waals surface area contributed by atoms with E-state index in [-0.39, 0.29) is 5.52 Å². The van der Waals surface area contributed by atoms with Crippen LogP contribution in [0, 0.1) is 11.3 Å². The summed E-state index contributed by atoms with van der Waals surface area (Å²) in [6.07, 6.45) is 3.21. The van der Waals surface area contributed by atoms with Crippen LogP contribution in [-0.4, -0.2) is 16.6 Å². The van der Waals surface area contributed by atoms with Crippen molar-refractivity contribution in [1.29, 1.82) is 0 Å². The molecule has 3 nitrogen and oxygen atoms in total. The van der Waals surface area contributed by atoms with E-state index in [1.54, 1.807) is 6.92 Å². The molecule has 3 atom stereocenters. The molecule has 0 aliphatic heterocycles. The molecule has 0 aromatic carbocycles. The fraction of sp³-hybridized carbons (Fsp3) is 0.778. The molecule has 0 amide bonds. The number of carboxylic acids is 1. The van der Waals surface area contributed by atoms with E-state index in [1.165, 1.54) is 0 Å². The first-order chi connectivity index (χ1) is 5.98. The summed E-state index contributed by atoms with van der Waals surface area (Å²) in [5, 5.41) is 8.96. The zero-order valence-electron chi connectivity index (χ0n) is 7.75. The molecule has 1 N–H and O–H groups in total. The second-order valence-electron chi connectivity index (χ2n) is 3.92. The van der Waals surface area contributed by atoms with Gasteiger partial charge in [0.25, 0.3) is 0 Å². The van der Waals surface area contributed by atoms with E-state index < -0.39 is 17.3 Å². The van der Waals surface area contributed by atoms with Crippen LogP contribution in [0.5, 0.6) is 0 Å². The van der Waals surface area contributed by atoms with E-state index >= 15 is 0 Å². The smallest absolute Gasteiger partial charge is 0.307 e. The molecule has 1 aliphatic rings. The molecule has 13 heavy (non-hydrogen) atoms. The van der Waals surface area contributed by atoms with Gasteiger partial charge in [0.1, 0.15) is 0 Å². The first-order valence-corrected chi connectivity index (χ1v) is 5.09. The Hall–Kier alpha value is -0.430. The van der Waals surface area contributed by atoms with Crippen molar-refractivity contribution in [2.24, 2.45) is 11.3 Å². The number of aliphatic carboxylic acids is 1. The lowest BCUT2D eigenvalue weighted by Crippen LogP contribution is -2.40. The van der Waals surface area contributed by atoms with Gasteiger partial charge in [0.05, 0.1) is 5.92 Å². The minimum absolute atomic E-state index is 0.0698. The van der Waals surface area contributed by atoms with Crippen LogP contribution >= 0.6 is 9.24 Å². The highest BCUT2D eigenvalue weighted by atomic mass is 31.0. The summed E-state index contributed by atoms with van der Waals surface area (Å²) in [5.41, 5.74) is -0.728. The number of hydrogen-bond donors (Lipinski definition) is 1. The molecule has 1 unspecified atom stereocenters. The van der Waals surface area contributed by atoms with Gasteiger partial charge in [0.15, 0.2) is 5.52 Å². The average Bonchev–Trinajstić information content (AvgIpc) is 2.04. The van der Waals surface area contributed by atoms with Gasteiger partial charge in [-0.2, -0.15) is 0 Å². The summed E-state index contributed by atoms with van der Waals surface area (Å²) in [6.45, 7) is 1.76. The van der Waals surface area contributed by atoms with E-state index in [4.69, 9.17) is 5.11 Å². The van der Waals surface area contributed by atoms with Crippen LogP contribution in [0.2, 0.25) is 0 Å². The molecule has 1 aliphatic carbocycles. The molecular formula is C9H15O3P. The Morgan fingerprint density at radius 1 is 1.46 bits per heavy atom. The van der Waals surface area contributed by atoms with E-state index in [0.29, 0.717) is 12.8 Å². The number of hydrogen-bond acceptors (Lipinski definition) is 2. The van der Waals surface area contributed by atoms with Crippen LogP contribution in [0.3, 0.4) is 0 Å². The quantitative estimate of drug-likeness (QED) is 0.693.